The van der Waals surface area contributed by atoms with Gasteiger partial charge in [0.2, 0.25) is 5.91 Å². The number of amides is 3. The summed E-state index contributed by atoms with van der Waals surface area (Å²) >= 11 is 1.80. The summed E-state index contributed by atoms with van der Waals surface area (Å²) in [6, 6.07) is -0.311. The molecule has 108 valence electrons. The Morgan fingerprint density at radius 2 is 1.95 bits per heavy atom. The molecule has 1 unspecified atom stereocenters. The summed E-state index contributed by atoms with van der Waals surface area (Å²) in [7, 11) is 0. The van der Waals surface area contributed by atoms with Crippen LogP contribution in [-0.2, 0) is 9.59 Å². The number of urea groups is 1. The molecule has 3 N–H and O–H groups in total. The second-order valence-electron chi connectivity index (χ2n) is 4.54. The van der Waals surface area contributed by atoms with Crippen LogP contribution in [0.3, 0.4) is 0 Å². The van der Waals surface area contributed by atoms with E-state index >= 15 is 0 Å². The summed E-state index contributed by atoms with van der Waals surface area (Å²) in [5.74, 6) is 0.794. The summed E-state index contributed by atoms with van der Waals surface area (Å²) in [6.07, 6.45) is 3.19. The molecule has 1 fully saturated rings. The van der Waals surface area contributed by atoms with Crippen LogP contribution in [0.15, 0.2) is 0 Å². The lowest BCUT2D eigenvalue weighted by molar-refractivity contribution is -0.137. The van der Waals surface area contributed by atoms with Crippen molar-refractivity contribution in [2.45, 2.75) is 44.6 Å². The Morgan fingerprint density at radius 1 is 1.21 bits per heavy atom. The molecule has 1 aliphatic heterocycles. The number of nitrogens with one attached hydrogen (secondary N) is 2. The maximum Gasteiger partial charge on any atom is 0.321 e. The summed E-state index contributed by atoms with van der Waals surface area (Å²) < 4.78 is 0. The molecule has 6 nitrogen and oxygen atoms in total. The Morgan fingerprint density at radius 3 is 2.58 bits per heavy atom. The van der Waals surface area contributed by atoms with Crippen LogP contribution in [0.1, 0.15) is 38.5 Å². The molecule has 0 saturated carbocycles. The lowest BCUT2D eigenvalue weighted by atomic mass is 10.2. The average Bonchev–Trinajstić information content (AvgIpc) is 2.35. The van der Waals surface area contributed by atoms with E-state index in [-0.39, 0.29) is 24.8 Å². The Labute approximate surface area is 116 Å². The van der Waals surface area contributed by atoms with Gasteiger partial charge in [-0.2, -0.15) is 11.8 Å². The van der Waals surface area contributed by atoms with E-state index in [1.165, 1.54) is 0 Å². The minimum Gasteiger partial charge on any atom is -0.481 e. The predicted molar refractivity (Wildman–Crippen MR) is 73.1 cm³/mol. The van der Waals surface area contributed by atoms with E-state index in [1.54, 1.807) is 11.8 Å². The third-order valence-electron chi connectivity index (χ3n) is 2.79. The second-order valence-corrected chi connectivity index (χ2v) is 5.69. The highest BCUT2D eigenvalue weighted by atomic mass is 32.2. The average molecular weight is 288 g/mol. The Kier molecular flexibility index (Phi) is 7.32. The molecule has 19 heavy (non-hydrogen) atoms. The fourth-order valence-electron chi connectivity index (χ4n) is 1.83. The first kappa shape index (κ1) is 15.8. The van der Waals surface area contributed by atoms with Gasteiger partial charge in [0, 0.05) is 24.6 Å². The third kappa shape index (κ3) is 7.71. The Balaban J connectivity index is 2.09. The predicted octanol–water partition coefficient (Wildman–Crippen LogP) is 1.35. The minimum absolute atomic E-state index is 0.0543. The lowest BCUT2D eigenvalue weighted by Gasteiger charge is -2.22. The molecule has 1 rings (SSSR count). The van der Waals surface area contributed by atoms with Crippen LogP contribution in [0, 0.1) is 0 Å². The summed E-state index contributed by atoms with van der Waals surface area (Å²) in [5, 5.41) is 13.5. The molecule has 0 aromatic heterocycles. The van der Waals surface area contributed by atoms with Crippen molar-refractivity contribution in [3.05, 3.63) is 0 Å². The number of rotatable bonds is 6. The quantitative estimate of drug-likeness (QED) is 0.641. The number of aliphatic carboxylic acids is 1. The maximum atomic E-state index is 11.5. The van der Waals surface area contributed by atoms with E-state index in [1.807, 2.05) is 0 Å². The van der Waals surface area contributed by atoms with Gasteiger partial charge in [0.15, 0.2) is 0 Å². The Bertz CT molecular complexity index is 330. The first-order chi connectivity index (χ1) is 9.08. The molecule has 0 spiro atoms. The van der Waals surface area contributed by atoms with Crippen LogP contribution in [0.5, 0.6) is 0 Å². The number of thioether (sulfide) groups is 1. The molecule has 1 aliphatic rings. The van der Waals surface area contributed by atoms with E-state index in [4.69, 9.17) is 5.11 Å². The van der Waals surface area contributed by atoms with Crippen molar-refractivity contribution in [2.75, 3.05) is 11.5 Å². The van der Waals surface area contributed by atoms with Crippen LogP contribution in [0.4, 0.5) is 4.79 Å². The van der Waals surface area contributed by atoms with E-state index in [2.05, 4.69) is 10.6 Å². The van der Waals surface area contributed by atoms with E-state index in [0.29, 0.717) is 12.8 Å². The van der Waals surface area contributed by atoms with Gasteiger partial charge in [-0.05, 0) is 31.4 Å². The van der Waals surface area contributed by atoms with Crippen molar-refractivity contribution < 1.29 is 19.5 Å². The molecule has 0 bridgehead atoms. The third-order valence-corrected chi connectivity index (χ3v) is 4.01. The number of carboxylic acid groups (broad SMARTS) is 1. The second kappa shape index (κ2) is 8.79. The molecule has 1 saturated heterocycles. The summed E-state index contributed by atoms with van der Waals surface area (Å²) in [4.78, 5) is 33.2. The van der Waals surface area contributed by atoms with Gasteiger partial charge in [0.05, 0.1) is 0 Å². The largest absolute Gasteiger partial charge is 0.481 e. The normalized spacial score (nSPS) is 18.6. The molecular weight excluding hydrogens is 268 g/mol. The van der Waals surface area contributed by atoms with Crippen molar-refractivity contribution in [1.29, 1.82) is 0 Å². The SMILES string of the molecule is O=C(O)CCCCC(=O)NC(=O)NC1CCCSC1. The van der Waals surface area contributed by atoms with Crippen LogP contribution in [0.25, 0.3) is 0 Å². The molecule has 0 aliphatic carbocycles. The van der Waals surface area contributed by atoms with Crippen molar-refractivity contribution in [1.82, 2.24) is 10.6 Å². The van der Waals surface area contributed by atoms with Crippen molar-refractivity contribution >= 4 is 29.7 Å². The molecule has 0 radical (unpaired) electrons. The standard InChI is InChI=1S/C12H20N2O4S/c15-10(5-1-2-6-11(16)17)14-12(18)13-9-4-3-7-19-8-9/h9H,1-8H2,(H,16,17)(H2,13,14,15,18). The van der Waals surface area contributed by atoms with Gasteiger partial charge in [-0.1, -0.05) is 0 Å². The van der Waals surface area contributed by atoms with E-state index < -0.39 is 12.0 Å². The zero-order valence-electron chi connectivity index (χ0n) is 10.8. The molecule has 0 aromatic rings. The fourth-order valence-corrected chi connectivity index (χ4v) is 2.90. The highest BCUT2D eigenvalue weighted by Crippen LogP contribution is 2.16. The van der Waals surface area contributed by atoms with Gasteiger partial charge in [0.1, 0.15) is 0 Å². The van der Waals surface area contributed by atoms with Crippen molar-refractivity contribution in [3.8, 4) is 0 Å². The van der Waals surface area contributed by atoms with E-state index in [9.17, 15) is 14.4 Å². The number of hydrogen-bond acceptors (Lipinski definition) is 4. The smallest absolute Gasteiger partial charge is 0.321 e. The number of carbonyl (C=O) groups is 3. The zero-order valence-corrected chi connectivity index (χ0v) is 11.6. The molecule has 0 aromatic carbocycles. The first-order valence-corrected chi connectivity index (χ1v) is 7.63. The number of unbranched alkanes of at least 4 members (excludes halogenated alkanes) is 1. The Hall–Kier alpha value is -1.24. The zero-order chi connectivity index (χ0) is 14.1. The molecule has 7 heteroatoms. The highest BCUT2D eigenvalue weighted by molar-refractivity contribution is 7.99. The lowest BCUT2D eigenvalue weighted by Crippen LogP contribution is -2.46. The van der Waals surface area contributed by atoms with E-state index in [0.717, 1.165) is 24.3 Å². The maximum absolute atomic E-state index is 11.5. The van der Waals surface area contributed by atoms with Gasteiger partial charge in [-0.15, -0.1) is 0 Å². The highest BCUT2D eigenvalue weighted by Gasteiger charge is 2.17. The van der Waals surface area contributed by atoms with Crippen LogP contribution in [-0.4, -0.2) is 40.6 Å². The molecule has 1 atom stereocenters. The molecule has 3 amide bonds. The number of imide groups is 1. The fraction of sp³-hybridized carbons (Fsp3) is 0.750. The van der Waals surface area contributed by atoms with Gasteiger partial charge >= 0.3 is 12.0 Å². The minimum atomic E-state index is -0.868. The van der Waals surface area contributed by atoms with Crippen LogP contribution in [0.2, 0.25) is 0 Å². The number of carbonyl (C=O) groups excluding carboxylic acids is 2. The molecule has 1 heterocycles. The number of carboxylic acids is 1. The van der Waals surface area contributed by atoms with Crippen LogP contribution >= 0.6 is 11.8 Å². The van der Waals surface area contributed by atoms with Gasteiger partial charge < -0.3 is 10.4 Å². The summed E-state index contributed by atoms with van der Waals surface area (Å²) in [6.45, 7) is 0. The van der Waals surface area contributed by atoms with Gasteiger partial charge in [0.25, 0.3) is 0 Å². The monoisotopic (exact) mass is 288 g/mol. The van der Waals surface area contributed by atoms with Crippen molar-refractivity contribution in [2.24, 2.45) is 0 Å². The van der Waals surface area contributed by atoms with Gasteiger partial charge in [-0.3, -0.25) is 14.9 Å². The van der Waals surface area contributed by atoms with Crippen molar-refractivity contribution in [3.63, 3.8) is 0 Å². The summed E-state index contributed by atoms with van der Waals surface area (Å²) in [5.41, 5.74) is 0. The first-order valence-electron chi connectivity index (χ1n) is 6.48. The molecular formula is C12H20N2O4S. The topological polar surface area (TPSA) is 95.5 Å². The van der Waals surface area contributed by atoms with Crippen LogP contribution < -0.4 is 10.6 Å². The number of hydrogen-bond donors (Lipinski definition) is 3. The van der Waals surface area contributed by atoms with Gasteiger partial charge in [-0.25, -0.2) is 4.79 Å².